The van der Waals surface area contributed by atoms with Crippen molar-refractivity contribution in [1.82, 2.24) is 0 Å². The summed E-state index contributed by atoms with van der Waals surface area (Å²) >= 11 is 0. The summed E-state index contributed by atoms with van der Waals surface area (Å²) in [7, 11) is 0. The lowest BCUT2D eigenvalue weighted by molar-refractivity contribution is 0.00728. The molecule has 1 aromatic rings. The van der Waals surface area contributed by atoms with Crippen molar-refractivity contribution in [2.45, 2.75) is 58.1 Å². The van der Waals surface area contributed by atoms with E-state index < -0.39 is 0 Å². The standard InChI is InChI=1S/C23H31NO/c1-3-5-21-14-18(6-9-19(21)4-2)12-13-25-23(24)16-22-15-17-7-10-20(22)11-8-17/h2-3,5-6,9,14,17,20,22-23H,7-8,10-13,15-16,24H2,1H3. The first-order valence-electron chi connectivity index (χ1n) is 9.79. The van der Waals surface area contributed by atoms with E-state index >= 15 is 0 Å². The Hall–Kier alpha value is -1.56. The molecule has 134 valence electrons. The summed E-state index contributed by atoms with van der Waals surface area (Å²) in [4.78, 5) is 0. The maximum absolute atomic E-state index is 6.26. The molecule has 2 unspecified atom stereocenters. The minimum atomic E-state index is -0.121. The molecule has 0 amide bonds. The summed E-state index contributed by atoms with van der Waals surface area (Å²) in [5.41, 5.74) is 9.55. The molecule has 2 heteroatoms. The van der Waals surface area contributed by atoms with Gasteiger partial charge in [-0.3, -0.25) is 0 Å². The molecule has 25 heavy (non-hydrogen) atoms. The van der Waals surface area contributed by atoms with Crippen molar-refractivity contribution in [2.24, 2.45) is 23.5 Å². The van der Waals surface area contributed by atoms with Crippen molar-refractivity contribution in [2.75, 3.05) is 6.61 Å². The summed E-state index contributed by atoms with van der Waals surface area (Å²) in [6, 6.07) is 6.27. The van der Waals surface area contributed by atoms with Crippen LogP contribution in [0, 0.1) is 30.1 Å². The first-order valence-corrected chi connectivity index (χ1v) is 9.79. The largest absolute Gasteiger partial charge is 0.363 e. The molecule has 0 spiro atoms. The molecule has 3 saturated carbocycles. The smallest absolute Gasteiger partial charge is 0.105 e. The molecule has 2 atom stereocenters. The fourth-order valence-electron chi connectivity index (χ4n) is 4.72. The van der Waals surface area contributed by atoms with E-state index in [0.29, 0.717) is 6.61 Å². The Labute approximate surface area is 152 Å². The second kappa shape index (κ2) is 8.70. The van der Waals surface area contributed by atoms with Gasteiger partial charge in [0.2, 0.25) is 0 Å². The highest BCUT2D eigenvalue weighted by Gasteiger charge is 2.36. The van der Waals surface area contributed by atoms with Crippen molar-refractivity contribution in [3.05, 3.63) is 41.0 Å². The predicted octanol–water partition coefficient (Wildman–Crippen LogP) is 4.76. The van der Waals surface area contributed by atoms with E-state index in [0.717, 1.165) is 41.7 Å². The molecule has 3 aliphatic rings. The maximum atomic E-state index is 6.26. The van der Waals surface area contributed by atoms with Crippen molar-refractivity contribution >= 4 is 6.08 Å². The third-order valence-corrected chi connectivity index (χ3v) is 6.07. The van der Waals surface area contributed by atoms with Crippen molar-refractivity contribution in [3.8, 4) is 12.3 Å². The minimum Gasteiger partial charge on any atom is -0.363 e. The SMILES string of the molecule is C#Cc1ccc(CCOC(N)CC2CC3CCC2CC3)cc1C=CC. The van der Waals surface area contributed by atoms with Gasteiger partial charge in [-0.2, -0.15) is 0 Å². The molecule has 3 aliphatic carbocycles. The van der Waals surface area contributed by atoms with Crippen LogP contribution in [0.2, 0.25) is 0 Å². The Kier molecular flexibility index (Phi) is 6.34. The van der Waals surface area contributed by atoms with Crippen LogP contribution in [-0.4, -0.2) is 12.8 Å². The van der Waals surface area contributed by atoms with Gasteiger partial charge < -0.3 is 10.5 Å². The first kappa shape index (κ1) is 18.2. The second-order valence-corrected chi connectivity index (χ2v) is 7.74. The molecule has 0 aliphatic heterocycles. The van der Waals surface area contributed by atoms with Crippen molar-refractivity contribution < 1.29 is 4.74 Å². The van der Waals surface area contributed by atoms with Gasteiger partial charge in [0.15, 0.2) is 0 Å². The van der Waals surface area contributed by atoms with Crippen LogP contribution in [0.4, 0.5) is 0 Å². The molecule has 4 rings (SSSR count). The van der Waals surface area contributed by atoms with Crippen LogP contribution in [0.1, 0.15) is 62.1 Å². The number of terminal acetylenes is 1. The van der Waals surface area contributed by atoms with Gasteiger partial charge in [0, 0.05) is 5.56 Å². The summed E-state index contributed by atoms with van der Waals surface area (Å²) in [6.07, 6.45) is 18.5. The topological polar surface area (TPSA) is 35.2 Å². The highest BCUT2D eigenvalue weighted by Crippen LogP contribution is 2.46. The van der Waals surface area contributed by atoms with Crippen LogP contribution < -0.4 is 5.73 Å². The Morgan fingerprint density at radius 3 is 2.76 bits per heavy atom. The molecule has 0 heterocycles. The zero-order valence-electron chi connectivity index (χ0n) is 15.4. The molecular formula is C23H31NO. The third kappa shape index (κ3) is 4.75. The Morgan fingerprint density at radius 2 is 2.12 bits per heavy atom. The van der Waals surface area contributed by atoms with Gasteiger partial charge in [0.1, 0.15) is 6.23 Å². The van der Waals surface area contributed by atoms with Crippen LogP contribution in [0.5, 0.6) is 0 Å². The van der Waals surface area contributed by atoms with E-state index in [1.165, 1.54) is 37.7 Å². The Balaban J connectivity index is 1.46. The van der Waals surface area contributed by atoms with Gasteiger partial charge in [0.25, 0.3) is 0 Å². The summed E-state index contributed by atoms with van der Waals surface area (Å²) in [5.74, 6) is 5.39. The molecule has 3 fully saturated rings. The number of hydrogen-bond donors (Lipinski definition) is 1. The lowest BCUT2D eigenvalue weighted by atomic mass is 9.64. The number of benzene rings is 1. The van der Waals surface area contributed by atoms with Gasteiger partial charge in [-0.05, 0) is 74.0 Å². The Bertz CT molecular complexity index is 634. The van der Waals surface area contributed by atoms with E-state index in [2.05, 4.69) is 24.1 Å². The highest BCUT2D eigenvalue weighted by atomic mass is 16.5. The van der Waals surface area contributed by atoms with Gasteiger partial charge in [-0.25, -0.2) is 0 Å². The van der Waals surface area contributed by atoms with Gasteiger partial charge in [0.05, 0.1) is 6.61 Å². The number of fused-ring (bicyclic) bond motifs is 3. The van der Waals surface area contributed by atoms with E-state index in [9.17, 15) is 0 Å². The lowest BCUT2D eigenvalue weighted by Crippen LogP contribution is -2.36. The number of hydrogen-bond acceptors (Lipinski definition) is 2. The number of rotatable bonds is 7. The van der Waals surface area contributed by atoms with Crippen molar-refractivity contribution in [3.63, 3.8) is 0 Å². The summed E-state index contributed by atoms with van der Waals surface area (Å²) in [5, 5.41) is 0. The first-order chi connectivity index (χ1) is 12.2. The highest BCUT2D eigenvalue weighted by molar-refractivity contribution is 5.59. The summed E-state index contributed by atoms with van der Waals surface area (Å²) in [6.45, 7) is 2.68. The lowest BCUT2D eigenvalue weighted by Gasteiger charge is -2.43. The second-order valence-electron chi connectivity index (χ2n) is 7.74. The molecule has 1 aromatic carbocycles. The normalized spacial score (nSPS) is 26.7. The zero-order chi connectivity index (χ0) is 17.6. The zero-order valence-corrected chi connectivity index (χ0v) is 15.4. The van der Waals surface area contributed by atoms with E-state index in [1.54, 1.807) is 0 Å². The molecule has 0 saturated heterocycles. The van der Waals surface area contributed by atoms with Gasteiger partial charge >= 0.3 is 0 Å². The van der Waals surface area contributed by atoms with Crippen LogP contribution in [-0.2, 0) is 11.2 Å². The molecular weight excluding hydrogens is 306 g/mol. The monoisotopic (exact) mass is 337 g/mol. The maximum Gasteiger partial charge on any atom is 0.105 e. The van der Waals surface area contributed by atoms with Crippen LogP contribution >= 0.6 is 0 Å². The number of allylic oxidation sites excluding steroid dienone is 1. The van der Waals surface area contributed by atoms with E-state index in [4.69, 9.17) is 16.9 Å². The van der Waals surface area contributed by atoms with Gasteiger partial charge in [-0.1, -0.05) is 43.0 Å². The Morgan fingerprint density at radius 1 is 1.32 bits per heavy atom. The van der Waals surface area contributed by atoms with Crippen LogP contribution in [0.25, 0.3) is 6.08 Å². The molecule has 0 radical (unpaired) electrons. The quantitative estimate of drug-likeness (QED) is 0.575. The number of ether oxygens (including phenoxy) is 1. The van der Waals surface area contributed by atoms with E-state index in [-0.39, 0.29) is 6.23 Å². The van der Waals surface area contributed by atoms with E-state index in [1.807, 2.05) is 19.1 Å². The minimum absolute atomic E-state index is 0.121. The molecule has 2 N–H and O–H groups in total. The molecule has 0 aromatic heterocycles. The predicted molar refractivity (Wildman–Crippen MR) is 105 cm³/mol. The van der Waals surface area contributed by atoms with Crippen LogP contribution in [0.3, 0.4) is 0 Å². The van der Waals surface area contributed by atoms with Gasteiger partial charge in [-0.15, -0.1) is 6.42 Å². The van der Waals surface area contributed by atoms with Crippen molar-refractivity contribution in [1.29, 1.82) is 0 Å². The molecule has 2 bridgehead atoms. The average Bonchev–Trinajstić information content (AvgIpc) is 2.63. The fourth-order valence-corrected chi connectivity index (χ4v) is 4.72. The summed E-state index contributed by atoms with van der Waals surface area (Å²) < 4.78 is 5.93. The molecule has 2 nitrogen and oxygen atoms in total. The fraction of sp³-hybridized carbons (Fsp3) is 0.565. The number of nitrogens with two attached hydrogens (primary N) is 1. The average molecular weight is 338 g/mol. The van der Waals surface area contributed by atoms with Crippen LogP contribution in [0.15, 0.2) is 24.3 Å². The third-order valence-electron chi connectivity index (χ3n) is 6.07.